The molecular weight excluding hydrogens is 502 g/mol. The Hall–Kier alpha value is -3.22. The second-order valence-corrected chi connectivity index (χ2v) is 12.3. The van der Waals surface area contributed by atoms with Crippen LogP contribution in [0.2, 0.25) is 0 Å². The highest BCUT2D eigenvalue weighted by atomic mass is 32.1. The van der Waals surface area contributed by atoms with Crippen LogP contribution >= 0.6 is 12.2 Å². The number of carbonyl (C=O) groups is 1. The smallest absolute Gasteiger partial charge is 0.258 e. The van der Waals surface area contributed by atoms with E-state index in [4.69, 9.17) is 17.0 Å². The molecule has 0 aliphatic carbocycles. The van der Waals surface area contributed by atoms with Gasteiger partial charge in [0.2, 0.25) is 0 Å². The first-order chi connectivity index (χ1) is 18.9. The van der Waals surface area contributed by atoms with Gasteiger partial charge in [0, 0.05) is 41.0 Å². The first-order valence-electron chi connectivity index (χ1n) is 14.2. The molecule has 0 N–H and O–H groups in total. The van der Waals surface area contributed by atoms with Gasteiger partial charge in [0.05, 0.1) is 11.6 Å². The van der Waals surface area contributed by atoms with Crippen LogP contribution in [0.25, 0.3) is 11.1 Å². The van der Waals surface area contributed by atoms with Crippen molar-refractivity contribution >= 4 is 34.5 Å². The quantitative estimate of drug-likeness (QED) is 0.375. The van der Waals surface area contributed by atoms with Crippen molar-refractivity contribution in [2.45, 2.75) is 44.4 Å². The average Bonchev–Trinajstić information content (AvgIpc) is 3.66. The van der Waals surface area contributed by atoms with Crippen molar-refractivity contribution in [3.8, 4) is 16.9 Å². The summed E-state index contributed by atoms with van der Waals surface area (Å²) in [5.41, 5.74) is 9.12. The van der Waals surface area contributed by atoms with Crippen LogP contribution in [0.4, 0.5) is 11.4 Å². The van der Waals surface area contributed by atoms with Crippen molar-refractivity contribution in [1.29, 1.82) is 0 Å². The van der Waals surface area contributed by atoms with Crippen molar-refractivity contribution in [2.24, 2.45) is 0 Å². The second-order valence-electron chi connectivity index (χ2n) is 11.8. The highest BCUT2D eigenvalue weighted by Gasteiger charge is 2.44. The number of likely N-dealkylation sites (tertiary alicyclic amines) is 1. The molecule has 200 valence electrons. The maximum Gasteiger partial charge on any atom is 0.258 e. The molecule has 1 spiro atoms. The molecule has 1 amide bonds. The van der Waals surface area contributed by atoms with Crippen LogP contribution in [-0.4, -0.2) is 55.6 Å². The summed E-state index contributed by atoms with van der Waals surface area (Å²) in [5, 5.41) is 0. The summed E-state index contributed by atoms with van der Waals surface area (Å²) in [7, 11) is 2.19. The van der Waals surface area contributed by atoms with E-state index in [1.807, 2.05) is 17.0 Å². The molecule has 2 saturated heterocycles. The molecule has 0 bridgehead atoms. The topological polar surface area (TPSA) is 36.0 Å². The summed E-state index contributed by atoms with van der Waals surface area (Å²) >= 11 is 5.54. The predicted octanol–water partition coefficient (Wildman–Crippen LogP) is 6.15. The standard InChI is InChI=1S/C33H35N3O2S/c1-22-18-26(35-14-3-4-31(35)39)9-10-27(22)23-5-7-24(8-6-23)32(37)36-15-11-25-19-30-28(20-29(25)36)33(21-38-30)12-16-34(2)17-13-33/h5-10,18-20H,3-4,11-17,21H2,1-2H3. The largest absolute Gasteiger partial charge is 0.492 e. The minimum Gasteiger partial charge on any atom is -0.492 e. The Kier molecular flexibility index (Phi) is 6.01. The normalized spacial score (nSPS) is 19.9. The highest BCUT2D eigenvalue weighted by Crippen LogP contribution is 2.49. The molecule has 3 aromatic rings. The second kappa shape index (κ2) is 9.46. The Labute approximate surface area is 236 Å². The number of aryl methyl sites for hydroxylation is 1. The molecule has 7 rings (SSSR count). The molecule has 39 heavy (non-hydrogen) atoms. The van der Waals surface area contributed by atoms with Crippen LogP contribution in [0, 0.1) is 6.92 Å². The molecule has 4 aliphatic rings. The van der Waals surface area contributed by atoms with E-state index < -0.39 is 0 Å². The zero-order valence-electron chi connectivity index (χ0n) is 22.8. The van der Waals surface area contributed by atoms with Gasteiger partial charge in [-0.1, -0.05) is 30.4 Å². The van der Waals surface area contributed by atoms with Gasteiger partial charge in [-0.05, 0) is 118 Å². The van der Waals surface area contributed by atoms with E-state index in [0.29, 0.717) is 6.54 Å². The van der Waals surface area contributed by atoms with Crippen molar-refractivity contribution < 1.29 is 9.53 Å². The summed E-state index contributed by atoms with van der Waals surface area (Å²) in [6.07, 6.45) is 5.22. The van der Waals surface area contributed by atoms with Crippen LogP contribution < -0.4 is 14.5 Å². The first kappa shape index (κ1) is 24.8. The van der Waals surface area contributed by atoms with Gasteiger partial charge in [0.15, 0.2) is 0 Å². The lowest BCUT2D eigenvalue weighted by molar-refractivity contribution is 0.0989. The summed E-state index contributed by atoms with van der Waals surface area (Å²) in [6.45, 7) is 6.80. The Balaban J connectivity index is 1.13. The summed E-state index contributed by atoms with van der Waals surface area (Å²) < 4.78 is 6.21. The average molecular weight is 538 g/mol. The highest BCUT2D eigenvalue weighted by molar-refractivity contribution is 7.80. The van der Waals surface area contributed by atoms with Crippen LogP contribution in [0.5, 0.6) is 5.75 Å². The van der Waals surface area contributed by atoms with Gasteiger partial charge in [-0.15, -0.1) is 0 Å². The fraction of sp³-hybridized carbons (Fsp3) is 0.394. The lowest BCUT2D eigenvalue weighted by atomic mass is 9.74. The fourth-order valence-corrected chi connectivity index (χ4v) is 7.26. The van der Waals surface area contributed by atoms with Crippen molar-refractivity contribution in [1.82, 2.24) is 4.90 Å². The number of fused-ring (bicyclic) bond motifs is 3. The Morgan fingerprint density at radius 2 is 1.74 bits per heavy atom. The summed E-state index contributed by atoms with van der Waals surface area (Å²) in [5.74, 6) is 1.11. The zero-order valence-corrected chi connectivity index (χ0v) is 23.7. The third-order valence-electron chi connectivity index (χ3n) is 9.38. The van der Waals surface area contributed by atoms with E-state index >= 15 is 0 Å². The van der Waals surface area contributed by atoms with Gasteiger partial charge in [-0.3, -0.25) is 4.79 Å². The molecule has 0 radical (unpaired) electrons. The van der Waals surface area contributed by atoms with E-state index in [1.165, 1.54) is 27.9 Å². The number of rotatable bonds is 3. The lowest BCUT2D eigenvalue weighted by Gasteiger charge is -2.37. The van der Waals surface area contributed by atoms with Gasteiger partial charge in [0.1, 0.15) is 5.75 Å². The molecule has 4 aliphatic heterocycles. The molecule has 2 fully saturated rings. The minimum atomic E-state index is 0.0752. The third-order valence-corrected chi connectivity index (χ3v) is 9.80. The summed E-state index contributed by atoms with van der Waals surface area (Å²) in [6, 6.07) is 19.2. The van der Waals surface area contributed by atoms with Crippen molar-refractivity contribution in [3.63, 3.8) is 0 Å². The number of ether oxygens (including phenoxy) is 1. The molecular formula is C33H35N3O2S. The SMILES string of the molecule is Cc1cc(N2CCCC2=S)ccc1-c1ccc(C(=O)N2CCc3cc4c(cc32)C2(CCN(C)CC2)CO4)cc1. The van der Waals surface area contributed by atoms with E-state index in [9.17, 15) is 4.79 Å². The zero-order chi connectivity index (χ0) is 26.7. The lowest BCUT2D eigenvalue weighted by Crippen LogP contribution is -2.42. The number of benzene rings is 3. The molecule has 0 unspecified atom stereocenters. The number of hydrogen-bond donors (Lipinski definition) is 0. The van der Waals surface area contributed by atoms with Crippen molar-refractivity contribution in [2.75, 3.05) is 49.6 Å². The number of anilines is 2. The molecule has 3 aromatic carbocycles. The molecule has 0 saturated carbocycles. The molecule has 0 atom stereocenters. The van der Waals surface area contributed by atoms with E-state index in [2.05, 4.69) is 66.2 Å². The molecule has 4 heterocycles. The Bertz CT molecular complexity index is 1470. The minimum absolute atomic E-state index is 0.0752. The number of nitrogens with zero attached hydrogens (tertiary/aromatic N) is 3. The summed E-state index contributed by atoms with van der Waals surface area (Å²) in [4.78, 5) is 21.4. The monoisotopic (exact) mass is 537 g/mol. The van der Waals surface area contributed by atoms with Crippen molar-refractivity contribution in [3.05, 3.63) is 76.9 Å². The third kappa shape index (κ3) is 4.16. The fourth-order valence-electron chi connectivity index (χ4n) is 6.92. The van der Waals surface area contributed by atoms with Gasteiger partial charge in [0.25, 0.3) is 5.91 Å². The van der Waals surface area contributed by atoms with Gasteiger partial charge >= 0.3 is 0 Å². The number of amides is 1. The van der Waals surface area contributed by atoms with E-state index in [-0.39, 0.29) is 11.3 Å². The first-order valence-corrected chi connectivity index (χ1v) is 14.6. The van der Waals surface area contributed by atoms with Crippen LogP contribution in [-0.2, 0) is 11.8 Å². The maximum atomic E-state index is 13.7. The maximum absolute atomic E-state index is 13.7. The van der Waals surface area contributed by atoms with Gasteiger partial charge in [-0.2, -0.15) is 0 Å². The molecule has 0 aromatic heterocycles. The van der Waals surface area contributed by atoms with Gasteiger partial charge < -0.3 is 19.4 Å². The van der Waals surface area contributed by atoms with Crippen LogP contribution in [0.15, 0.2) is 54.6 Å². The van der Waals surface area contributed by atoms with Crippen LogP contribution in [0.3, 0.4) is 0 Å². The number of hydrogen-bond acceptors (Lipinski definition) is 4. The number of carbonyl (C=O) groups excluding carboxylic acids is 1. The van der Waals surface area contributed by atoms with Crippen LogP contribution in [0.1, 0.15) is 52.7 Å². The number of piperidine rings is 1. The van der Waals surface area contributed by atoms with E-state index in [1.54, 1.807) is 0 Å². The Morgan fingerprint density at radius 1 is 0.949 bits per heavy atom. The predicted molar refractivity (Wildman–Crippen MR) is 162 cm³/mol. The number of thiocarbonyl (C=S) groups is 1. The van der Waals surface area contributed by atoms with Gasteiger partial charge in [-0.25, -0.2) is 0 Å². The molecule has 6 heteroatoms. The molecule has 5 nitrogen and oxygen atoms in total. The van der Waals surface area contributed by atoms with E-state index in [0.717, 1.165) is 85.9 Å². The Morgan fingerprint density at radius 3 is 2.46 bits per heavy atom.